The summed E-state index contributed by atoms with van der Waals surface area (Å²) in [6.07, 6.45) is 2.02. The topological polar surface area (TPSA) is 86.6 Å². The highest BCUT2D eigenvalue weighted by molar-refractivity contribution is 7.99. The van der Waals surface area contributed by atoms with Crippen molar-refractivity contribution < 1.29 is 14.7 Å². The molecule has 1 aromatic rings. The minimum atomic E-state index is -0.925. The first-order valence-electron chi connectivity index (χ1n) is 7.88. The van der Waals surface area contributed by atoms with E-state index >= 15 is 0 Å². The number of hydrogen-bond acceptors (Lipinski definition) is 6. The van der Waals surface area contributed by atoms with Crippen LogP contribution in [0, 0.1) is 5.92 Å². The molecule has 1 saturated heterocycles. The molecule has 1 saturated carbocycles. The van der Waals surface area contributed by atoms with Crippen molar-refractivity contribution in [3.63, 3.8) is 0 Å². The Labute approximate surface area is 149 Å². The minimum absolute atomic E-state index is 0.107. The molecular formula is C15H19ClN4O3S. The molecular weight excluding hydrogens is 352 g/mol. The van der Waals surface area contributed by atoms with Gasteiger partial charge in [-0.1, -0.05) is 23.4 Å². The average Bonchev–Trinajstić information content (AvgIpc) is 3.36. The number of aromatic nitrogens is 2. The zero-order valence-electron chi connectivity index (χ0n) is 13.3. The lowest BCUT2D eigenvalue weighted by atomic mass is 10.1. The number of aliphatic carboxylic acids is 1. The van der Waals surface area contributed by atoms with Crippen molar-refractivity contribution in [1.29, 1.82) is 0 Å². The number of carbonyl (C=O) groups excluding carboxylic acids is 1. The van der Waals surface area contributed by atoms with E-state index in [2.05, 4.69) is 14.9 Å². The number of rotatable bonds is 5. The second-order valence-electron chi connectivity index (χ2n) is 6.11. The number of carboxylic acids is 1. The second-order valence-corrected chi connectivity index (χ2v) is 7.44. The van der Waals surface area contributed by atoms with E-state index in [0.29, 0.717) is 30.6 Å². The quantitative estimate of drug-likeness (QED) is 0.480. The molecule has 0 bridgehead atoms. The lowest BCUT2D eigenvalue weighted by molar-refractivity contribution is -0.135. The van der Waals surface area contributed by atoms with E-state index in [4.69, 9.17) is 16.7 Å². The maximum atomic E-state index is 12.3. The van der Waals surface area contributed by atoms with Gasteiger partial charge in [-0.15, -0.1) is 0 Å². The summed E-state index contributed by atoms with van der Waals surface area (Å²) in [6.45, 7) is 4.05. The van der Waals surface area contributed by atoms with Crippen LogP contribution in [0.15, 0.2) is 11.2 Å². The molecule has 24 heavy (non-hydrogen) atoms. The van der Waals surface area contributed by atoms with E-state index in [0.717, 1.165) is 24.6 Å². The molecule has 0 unspecified atom stereocenters. The number of anilines is 1. The first-order chi connectivity index (χ1) is 11.4. The van der Waals surface area contributed by atoms with Gasteiger partial charge in [0.1, 0.15) is 11.0 Å². The average molecular weight is 371 g/mol. The molecule has 1 aliphatic heterocycles. The Hall–Kier alpha value is -1.54. The Balaban J connectivity index is 1.68. The van der Waals surface area contributed by atoms with E-state index in [-0.39, 0.29) is 28.8 Å². The van der Waals surface area contributed by atoms with Gasteiger partial charge in [0.2, 0.25) is 5.91 Å². The number of carboxylic acid groups (broad SMARTS) is 1. The maximum Gasteiger partial charge on any atom is 0.313 e. The van der Waals surface area contributed by atoms with Crippen molar-refractivity contribution >= 4 is 41.1 Å². The van der Waals surface area contributed by atoms with Gasteiger partial charge in [0.05, 0.1) is 5.75 Å². The Bertz CT molecular complexity index is 656. The molecule has 0 radical (unpaired) electrons. The summed E-state index contributed by atoms with van der Waals surface area (Å²) in [5, 5.41) is 9.41. The molecule has 9 heteroatoms. The van der Waals surface area contributed by atoms with Crippen molar-refractivity contribution in [3.05, 3.63) is 11.2 Å². The molecule has 1 amide bonds. The van der Waals surface area contributed by atoms with Crippen molar-refractivity contribution in [1.82, 2.24) is 14.9 Å². The predicted octanol–water partition coefficient (Wildman–Crippen LogP) is 1.75. The van der Waals surface area contributed by atoms with E-state index in [1.54, 1.807) is 6.07 Å². The standard InChI is InChI=1S/C15H19ClN4O3S/c1-9-7-19(4-5-20(9)14(23)10-2-3-10)12-6-11(16)17-15(18-12)24-8-13(21)22/h6,9-10H,2-5,7-8H2,1H3,(H,21,22)/t9-/m0/s1. The lowest BCUT2D eigenvalue weighted by Gasteiger charge is -2.40. The van der Waals surface area contributed by atoms with Crippen LogP contribution in [-0.2, 0) is 9.59 Å². The number of hydrogen-bond donors (Lipinski definition) is 1. The zero-order chi connectivity index (χ0) is 17.3. The third-order valence-electron chi connectivity index (χ3n) is 4.15. The molecule has 0 spiro atoms. The molecule has 0 aromatic carbocycles. The summed E-state index contributed by atoms with van der Waals surface area (Å²) < 4.78 is 0. The molecule has 2 fully saturated rings. The van der Waals surface area contributed by atoms with Gasteiger partial charge in [0, 0.05) is 37.7 Å². The molecule has 2 heterocycles. The molecule has 3 rings (SSSR count). The molecule has 130 valence electrons. The number of carbonyl (C=O) groups is 2. The van der Waals surface area contributed by atoms with Crippen LogP contribution in [0.3, 0.4) is 0 Å². The van der Waals surface area contributed by atoms with Crippen LogP contribution in [0.4, 0.5) is 5.82 Å². The summed E-state index contributed by atoms with van der Waals surface area (Å²) in [5.41, 5.74) is 0. The number of halogens is 1. The van der Waals surface area contributed by atoms with Crippen molar-refractivity contribution in [3.8, 4) is 0 Å². The second kappa shape index (κ2) is 7.14. The van der Waals surface area contributed by atoms with Crippen LogP contribution >= 0.6 is 23.4 Å². The van der Waals surface area contributed by atoms with Gasteiger partial charge < -0.3 is 14.9 Å². The summed E-state index contributed by atoms with van der Waals surface area (Å²) >= 11 is 7.09. The van der Waals surface area contributed by atoms with Gasteiger partial charge in [-0.2, -0.15) is 0 Å². The lowest BCUT2D eigenvalue weighted by Crippen LogP contribution is -2.54. The highest BCUT2D eigenvalue weighted by atomic mass is 35.5. The van der Waals surface area contributed by atoms with Gasteiger partial charge in [0.25, 0.3) is 0 Å². The van der Waals surface area contributed by atoms with Crippen molar-refractivity contribution in [2.45, 2.75) is 31.0 Å². The molecule has 1 N–H and O–H groups in total. The van der Waals surface area contributed by atoms with Crippen molar-refractivity contribution in [2.75, 3.05) is 30.3 Å². The van der Waals surface area contributed by atoms with Crippen LogP contribution in [-0.4, -0.2) is 63.3 Å². The third kappa shape index (κ3) is 4.10. The minimum Gasteiger partial charge on any atom is -0.481 e. The van der Waals surface area contributed by atoms with E-state index in [1.165, 1.54) is 0 Å². The molecule has 1 atom stereocenters. The Morgan fingerprint density at radius 2 is 2.12 bits per heavy atom. The number of amides is 1. The fourth-order valence-corrected chi connectivity index (χ4v) is 3.60. The van der Waals surface area contributed by atoms with Gasteiger partial charge in [-0.25, -0.2) is 9.97 Å². The highest BCUT2D eigenvalue weighted by Crippen LogP contribution is 2.32. The maximum absolute atomic E-state index is 12.3. The smallest absolute Gasteiger partial charge is 0.313 e. The third-order valence-corrected chi connectivity index (χ3v) is 5.17. The summed E-state index contributed by atoms with van der Waals surface area (Å²) in [4.78, 5) is 35.5. The molecule has 7 nitrogen and oxygen atoms in total. The predicted molar refractivity (Wildman–Crippen MR) is 91.5 cm³/mol. The SMILES string of the molecule is C[C@H]1CN(c2cc(Cl)nc(SCC(=O)O)n2)CCN1C(=O)C1CC1. The number of piperazine rings is 1. The van der Waals surface area contributed by atoms with Gasteiger partial charge in [-0.3, -0.25) is 9.59 Å². The Kier molecular flexibility index (Phi) is 5.15. The van der Waals surface area contributed by atoms with Gasteiger partial charge in [0.15, 0.2) is 5.16 Å². The summed E-state index contributed by atoms with van der Waals surface area (Å²) in [5.74, 6) is 0.131. The van der Waals surface area contributed by atoms with Crippen LogP contribution in [0.25, 0.3) is 0 Å². The fraction of sp³-hybridized carbons (Fsp3) is 0.600. The van der Waals surface area contributed by atoms with Gasteiger partial charge in [-0.05, 0) is 19.8 Å². The normalized spacial score (nSPS) is 21.0. The highest BCUT2D eigenvalue weighted by Gasteiger charge is 2.37. The largest absolute Gasteiger partial charge is 0.481 e. The fourth-order valence-electron chi connectivity index (χ4n) is 2.80. The van der Waals surface area contributed by atoms with Gasteiger partial charge >= 0.3 is 5.97 Å². The summed E-state index contributed by atoms with van der Waals surface area (Å²) in [6, 6.07) is 1.79. The number of thioether (sulfide) groups is 1. The van der Waals surface area contributed by atoms with Crippen LogP contribution in [0.5, 0.6) is 0 Å². The van der Waals surface area contributed by atoms with E-state index in [9.17, 15) is 9.59 Å². The molecule has 1 aliphatic carbocycles. The van der Waals surface area contributed by atoms with Crippen LogP contribution < -0.4 is 4.90 Å². The van der Waals surface area contributed by atoms with E-state index < -0.39 is 5.97 Å². The molecule has 1 aromatic heterocycles. The Morgan fingerprint density at radius 3 is 2.75 bits per heavy atom. The monoisotopic (exact) mass is 370 g/mol. The number of nitrogens with zero attached hydrogens (tertiary/aromatic N) is 4. The first kappa shape index (κ1) is 17.3. The first-order valence-corrected chi connectivity index (χ1v) is 9.25. The summed E-state index contributed by atoms with van der Waals surface area (Å²) in [7, 11) is 0. The van der Waals surface area contributed by atoms with Crippen LogP contribution in [0.2, 0.25) is 5.15 Å². The van der Waals surface area contributed by atoms with E-state index in [1.807, 2.05) is 11.8 Å². The Morgan fingerprint density at radius 1 is 1.38 bits per heavy atom. The van der Waals surface area contributed by atoms with Crippen LogP contribution in [0.1, 0.15) is 19.8 Å². The zero-order valence-corrected chi connectivity index (χ0v) is 14.9. The molecule has 2 aliphatic rings. The van der Waals surface area contributed by atoms with Crippen molar-refractivity contribution in [2.24, 2.45) is 5.92 Å².